The normalized spacial score (nSPS) is 12.0. The van der Waals surface area contributed by atoms with Gasteiger partial charge in [0.1, 0.15) is 18.3 Å². The summed E-state index contributed by atoms with van der Waals surface area (Å²) in [6.45, 7) is 5.40. The minimum atomic E-state index is -4.28. The molecule has 0 saturated heterocycles. The Bertz CT molecular complexity index is 1470. The van der Waals surface area contributed by atoms with Crippen molar-refractivity contribution >= 4 is 50.7 Å². The van der Waals surface area contributed by atoms with Gasteiger partial charge in [-0.25, -0.2) is 8.42 Å². The third-order valence-corrected chi connectivity index (χ3v) is 8.91. The Morgan fingerprint density at radius 1 is 1.00 bits per heavy atom. The zero-order chi connectivity index (χ0) is 30.2. The molecule has 1 N–H and O–H groups in total. The first-order valence-corrected chi connectivity index (χ1v) is 15.5. The van der Waals surface area contributed by atoms with Crippen LogP contribution < -0.4 is 14.4 Å². The van der Waals surface area contributed by atoms with Crippen LogP contribution in [0.15, 0.2) is 71.6 Å². The summed E-state index contributed by atoms with van der Waals surface area (Å²) in [6.07, 6.45) is 1.02. The van der Waals surface area contributed by atoms with Crippen molar-refractivity contribution in [1.82, 2.24) is 10.2 Å². The Hall–Kier alpha value is -3.27. The van der Waals surface area contributed by atoms with Crippen molar-refractivity contribution in [2.45, 2.75) is 51.1 Å². The fourth-order valence-electron chi connectivity index (χ4n) is 4.30. The van der Waals surface area contributed by atoms with Crippen LogP contribution >= 0.6 is 23.2 Å². The van der Waals surface area contributed by atoms with E-state index in [1.165, 1.54) is 36.3 Å². The van der Waals surface area contributed by atoms with E-state index in [-0.39, 0.29) is 33.8 Å². The van der Waals surface area contributed by atoms with Gasteiger partial charge in [-0.05, 0) is 61.7 Å². The molecule has 0 heterocycles. The minimum Gasteiger partial charge on any atom is -0.495 e. The molecule has 3 aromatic rings. The van der Waals surface area contributed by atoms with E-state index in [0.29, 0.717) is 23.6 Å². The first-order chi connectivity index (χ1) is 19.5. The van der Waals surface area contributed by atoms with Gasteiger partial charge in [0.2, 0.25) is 11.8 Å². The van der Waals surface area contributed by atoms with Gasteiger partial charge in [0.25, 0.3) is 10.0 Å². The third kappa shape index (κ3) is 7.93. The number of hydrogen-bond acceptors (Lipinski definition) is 5. The number of carbonyl (C=O) groups is 2. The van der Waals surface area contributed by atoms with E-state index in [2.05, 4.69) is 5.32 Å². The summed E-state index contributed by atoms with van der Waals surface area (Å²) in [4.78, 5) is 28.7. The monoisotopic (exact) mass is 619 g/mol. The molecule has 220 valence electrons. The van der Waals surface area contributed by atoms with Gasteiger partial charge in [0, 0.05) is 23.1 Å². The zero-order valence-corrected chi connectivity index (χ0v) is 25.9. The molecule has 0 bridgehead atoms. The largest absolute Gasteiger partial charge is 0.495 e. The molecule has 11 heteroatoms. The standard InChI is InChI=1S/C30H35Cl2N3O5S/c1-5-17-33-30(37)26(6-2)34(19-22-9-7-8-10-25(22)32)29(36)20-35(27-18-23(31)13-16-28(27)40-4)41(38,39)24-14-11-21(3)12-15-24/h7-16,18,26H,5-6,17,19-20H2,1-4H3,(H,33,37)/t26-/m1/s1. The van der Waals surface area contributed by atoms with Crippen molar-refractivity contribution in [1.29, 1.82) is 0 Å². The molecular weight excluding hydrogens is 585 g/mol. The molecule has 0 fully saturated rings. The van der Waals surface area contributed by atoms with Gasteiger partial charge in [-0.2, -0.15) is 0 Å². The molecule has 41 heavy (non-hydrogen) atoms. The number of nitrogens with one attached hydrogen (secondary N) is 1. The summed E-state index contributed by atoms with van der Waals surface area (Å²) in [6, 6.07) is 17.0. The number of benzene rings is 3. The molecule has 0 unspecified atom stereocenters. The molecule has 0 saturated carbocycles. The number of nitrogens with zero attached hydrogens (tertiary/aromatic N) is 2. The molecule has 0 aliphatic carbocycles. The van der Waals surface area contributed by atoms with Crippen LogP contribution in [0.2, 0.25) is 10.0 Å². The Kier molecular flexibility index (Phi) is 11.5. The zero-order valence-electron chi connectivity index (χ0n) is 23.6. The lowest BCUT2D eigenvalue weighted by molar-refractivity contribution is -0.140. The fraction of sp³-hybridized carbons (Fsp3) is 0.333. The maximum absolute atomic E-state index is 14.2. The molecular formula is C30H35Cl2N3O5S. The van der Waals surface area contributed by atoms with Crippen molar-refractivity contribution in [3.63, 3.8) is 0 Å². The van der Waals surface area contributed by atoms with Crippen LogP contribution in [0.25, 0.3) is 0 Å². The lowest BCUT2D eigenvalue weighted by Crippen LogP contribution is -2.52. The van der Waals surface area contributed by atoms with E-state index in [4.69, 9.17) is 27.9 Å². The Balaban J connectivity index is 2.13. The summed E-state index contributed by atoms with van der Waals surface area (Å²) in [7, 11) is -2.87. The van der Waals surface area contributed by atoms with E-state index < -0.39 is 28.5 Å². The van der Waals surface area contributed by atoms with Gasteiger partial charge in [-0.15, -0.1) is 0 Å². The van der Waals surface area contributed by atoms with Gasteiger partial charge in [-0.1, -0.05) is 72.9 Å². The minimum absolute atomic E-state index is 0.00165. The van der Waals surface area contributed by atoms with Crippen LogP contribution in [-0.2, 0) is 26.2 Å². The van der Waals surface area contributed by atoms with Crippen molar-refractivity contribution in [2.24, 2.45) is 0 Å². The SMILES string of the molecule is CCCNC(=O)[C@@H](CC)N(Cc1ccccc1Cl)C(=O)CN(c1cc(Cl)ccc1OC)S(=O)(=O)c1ccc(C)cc1. The first-order valence-electron chi connectivity index (χ1n) is 13.3. The average Bonchev–Trinajstić information content (AvgIpc) is 2.95. The summed E-state index contributed by atoms with van der Waals surface area (Å²) < 4.78 is 34.6. The lowest BCUT2D eigenvalue weighted by Gasteiger charge is -2.33. The molecule has 8 nitrogen and oxygen atoms in total. The van der Waals surface area contributed by atoms with E-state index in [1.807, 2.05) is 13.8 Å². The first kappa shape index (κ1) is 32.2. The fourth-order valence-corrected chi connectivity index (χ4v) is 6.08. The number of amides is 2. The van der Waals surface area contributed by atoms with E-state index in [9.17, 15) is 18.0 Å². The number of aryl methyl sites for hydroxylation is 1. The van der Waals surface area contributed by atoms with Gasteiger partial charge < -0.3 is 15.0 Å². The third-order valence-electron chi connectivity index (χ3n) is 6.53. The van der Waals surface area contributed by atoms with Gasteiger partial charge in [-0.3, -0.25) is 13.9 Å². The predicted octanol–water partition coefficient (Wildman–Crippen LogP) is 5.84. The molecule has 0 aliphatic heterocycles. The number of hydrogen-bond donors (Lipinski definition) is 1. The highest BCUT2D eigenvalue weighted by atomic mass is 35.5. The van der Waals surface area contributed by atoms with Gasteiger partial charge in [0.15, 0.2) is 0 Å². The van der Waals surface area contributed by atoms with Crippen molar-refractivity contribution in [3.05, 3.63) is 87.9 Å². The van der Waals surface area contributed by atoms with Crippen molar-refractivity contribution in [3.8, 4) is 5.75 Å². The molecule has 1 atom stereocenters. The quantitative estimate of drug-likeness (QED) is 0.259. The molecule has 3 aromatic carbocycles. The van der Waals surface area contributed by atoms with E-state index >= 15 is 0 Å². The van der Waals surface area contributed by atoms with Crippen molar-refractivity contribution in [2.75, 3.05) is 24.5 Å². The van der Waals surface area contributed by atoms with Crippen LogP contribution in [0.3, 0.4) is 0 Å². The number of halogens is 2. The molecule has 3 rings (SSSR count). The molecule has 2 amide bonds. The van der Waals surface area contributed by atoms with Crippen molar-refractivity contribution < 1.29 is 22.7 Å². The summed E-state index contributed by atoms with van der Waals surface area (Å²) in [5.41, 5.74) is 1.59. The van der Waals surface area contributed by atoms with E-state index in [1.54, 1.807) is 49.4 Å². The number of sulfonamides is 1. The topological polar surface area (TPSA) is 96.0 Å². The molecule has 0 aromatic heterocycles. The van der Waals surface area contributed by atoms with Crippen LogP contribution in [-0.4, -0.2) is 51.4 Å². The van der Waals surface area contributed by atoms with Crippen LogP contribution in [0.4, 0.5) is 5.69 Å². The second kappa shape index (κ2) is 14.6. The summed E-state index contributed by atoms with van der Waals surface area (Å²) in [5.74, 6) is -0.715. The maximum Gasteiger partial charge on any atom is 0.264 e. The number of carbonyl (C=O) groups excluding carboxylic acids is 2. The van der Waals surface area contributed by atoms with E-state index in [0.717, 1.165) is 16.3 Å². The number of rotatable bonds is 13. The number of ether oxygens (including phenoxy) is 1. The molecule has 0 aliphatic rings. The smallest absolute Gasteiger partial charge is 0.264 e. The number of methoxy groups -OCH3 is 1. The Morgan fingerprint density at radius 3 is 2.29 bits per heavy atom. The highest BCUT2D eigenvalue weighted by Gasteiger charge is 2.35. The lowest BCUT2D eigenvalue weighted by atomic mass is 10.1. The highest BCUT2D eigenvalue weighted by Crippen LogP contribution is 2.35. The summed E-state index contributed by atoms with van der Waals surface area (Å²) >= 11 is 12.7. The Morgan fingerprint density at radius 2 is 1.68 bits per heavy atom. The second-order valence-corrected chi connectivity index (χ2v) is 12.2. The van der Waals surface area contributed by atoms with Gasteiger partial charge >= 0.3 is 0 Å². The van der Waals surface area contributed by atoms with Gasteiger partial charge in [0.05, 0.1) is 17.7 Å². The number of anilines is 1. The van der Waals surface area contributed by atoms with Crippen LogP contribution in [0.5, 0.6) is 5.75 Å². The Labute approximate surface area is 252 Å². The average molecular weight is 621 g/mol. The predicted molar refractivity (Wildman–Crippen MR) is 163 cm³/mol. The maximum atomic E-state index is 14.2. The molecule has 0 radical (unpaired) electrons. The molecule has 0 spiro atoms. The second-order valence-electron chi connectivity index (χ2n) is 9.47. The summed E-state index contributed by atoms with van der Waals surface area (Å²) in [5, 5.41) is 3.54. The van der Waals surface area contributed by atoms with Crippen LogP contribution in [0, 0.1) is 6.92 Å². The van der Waals surface area contributed by atoms with Crippen LogP contribution in [0.1, 0.15) is 37.8 Å². The highest BCUT2D eigenvalue weighted by molar-refractivity contribution is 7.92.